The van der Waals surface area contributed by atoms with E-state index < -0.39 is 6.04 Å². The molecule has 206 valence electrons. The molecule has 1 unspecified atom stereocenters. The lowest BCUT2D eigenvalue weighted by molar-refractivity contribution is -0.128. The number of nitrogens with zero attached hydrogens (tertiary/aromatic N) is 1. The van der Waals surface area contributed by atoms with Gasteiger partial charge in [-0.1, -0.05) is 35.9 Å². The minimum atomic E-state index is -0.495. The summed E-state index contributed by atoms with van der Waals surface area (Å²) in [6, 6.07) is 14.3. The van der Waals surface area contributed by atoms with Gasteiger partial charge in [0.15, 0.2) is 0 Å². The highest BCUT2D eigenvalue weighted by atomic mass is 16.2. The van der Waals surface area contributed by atoms with E-state index in [0.29, 0.717) is 13.1 Å². The number of hydrogen-bond acceptors (Lipinski definition) is 6. The minimum Gasteiger partial charge on any atom is -0.357 e. The van der Waals surface area contributed by atoms with Gasteiger partial charge in [0.25, 0.3) is 0 Å². The maximum Gasteiger partial charge on any atom is 0.243 e. The summed E-state index contributed by atoms with van der Waals surface area (Å²) in [5, 5.41) is 9.71. The Morgan fingerprint density at radius 2 is 1.76 bits per heavy atom. The molecule has 8 heteroatoms. The van der Waals surface area contributed by atoms with Crippen LogP contribution in [0.15, 0.2) is 42.5 Å². The highest BCUT2D eigenvalue weighted by Crippen LogP contribution is 2.31. The molecule has 0 bridgehead atoms. The Kier molecular flexibility index (Phi) is 11.7. The minimum absolute atomic E-state index is 0.000326. The van der Waals surface area contributed by atoms with Crippen LogP contribution in [0, 0.1) is 6.92 Å². The molecule has 8 nitrogen and oxygen atoms in total. The van der Waals surface area contributed by atoms with Crippen molar-refractivity contribution in [1.29, 1.82) is 0 Å². The molecule has 38 heavy (non-hydrogen) atoms. The van der Waals surface area contributed by atoms with Gasteiger partial charge >= 0.3 is 0 Å². The third-order valence-electron chi connectivity index (χ3n) is 6.75. The van der Waals surface area contributed by atoms with Crippen LogP contribution in [-0.2, 0) is 32.1 Å². The number of benzene rings is 2. The molecule has 1 aliphatic carbocycles. The van der Waals surface area contributed by atoms with Gasteiger partial charge in [-0.05, 0) is 75.8 Å². The quantitative estimate of drug-likeness (QED) is 0.537. The van der Waals surface area contributed by atoms with Gasteiger partial charge in [0.2, 0.25) is 11.8 Å². The molecule has 1 fully saturated rings. The molecule has 1 heterocycles. The first kappa shape index (κ1) is 30.7. The second-order valence-electron chi connectivity index (χ2n) is 10.7. The van der Waals surface area contributed by atoms with E-state index in [2.05, 4.69) is 59.8 Å². The molecule has 0 spiro atoms. The predicted molar refractivity (Wildman–Crippen MR) is 151 cm³/mol. The van der Waals surface area contributed by atoms with Crippen molar-refractivity contribution in [1.82, 2.24) is 16.0 Å². The molecule has 1 saturated heterocycles. The zero-order chi connectivity index (χ0) is 28.3. The largest absolute Gasteiger partial charge is 0.357 e. The number of carbonyl (C=O) groups excluding carboxylic acids is 4. The Morgan fingerprint density at radius 1 is 1.08 bits per heavy atom. The molecule has 2 aliphatic rings. The summed E-state index contributed by atoms with van der Waals surface area (Å²) in [7, 11) is 0. The van der Waals surface area contributed by atoms with Gasteiger partial charge in [0.05, 0.1) is 12.5 Å². The number of fused-ring (bicyclic) bond motifs is 1. The SMILES string of the molecule is C=O.C=O.Cc1ccc(N2CCNC(=O)C2CC(=O)N[C@@H]2CCCc3cc(CNC(C)(C)C)ccc32)cc1. The predicted octanol–water partition coefficient (Wildman–Crippen LogP) is 3.40. The molecular formula is C30H42N4O4. The maximum absolute atomic E-state index is 13.1. The van der Waals surface area contributed by atoms with Crippen molar-refractivity contribution in [3.8, 4) is 0 Å². The number of piperazine rings is 1. The topological polar surface area (TPSA) is 108 Å². The van der Waals surface area contributed by atoms with Crippen LogP contribution < -0.4 is 20.9 Å². The molecular weight excluding hydrogens is 480 g/mol. The van der Waals surface area contributed by atoms with E-state index in [0.717, 1.165) is 31.5 Å². The highest BCUT2D eigenvalue weighted by Gasteiger charge is 2.33. The van der Waals surface area contributed by atoms with Gasteiger partial charge in [-0.25, -0.2) is 0 Å². The lowest BCUT2D eigenvalue weighted by Crippen LogP contribution is -2.57. The molecule has 2 aromatic rings. The molecule has 2 aromatic carbocycles. The van der Waals surface area contributed by atoms with Gasteiger partial charge in [0.1, 0.15) is 19.6 Å². The number of amides is 2. The summed E-state index contributed by atoms with van der Waals surface area (Å²) in [4.78, 5) is 43.9. The molecule has 2 amide bonds. The number of nitrogens with one attached hydrogen (secondary N) is 3. The second-order valence-corrected chi connectivity index (χ2v) is 10.7. The lowest BCUT2D eigenvalue weighted by Gasteiger charge is -2.37. The maximum atomic E-state index is 13.1. The number of carbonyl (C=O) groups is 4. The lowest BCUT2D eigenvalue weighted by atomic mass is 9.86. The Bertz CT molecular complexity index is 1060. The van der Waals surface area contributed by atoms with E-state index in [1.807, 2.05) is 44.8 Å². The van der Waals surface area contributed by atoms with E-state index >= 15 is 0 Å². The van der Waals surface area contributed by atoms with Gasteiger partial charge < -0.3 is 30.4 Å². The first-order chi connectivity index (χ1) is 18.2. The van der Waals surface area contributed by atoms with Crippen molar-refractivity contribution in [2.45, 2.75) is 77.5 Å². The van der Waals surface area contributed by atoms with Crippen LogP contribution >= 0.6 is 0 Å². The van der Waals surface area contributed by atoms with Crippen molar-refractivity contribution in [3.63, 3.8) is 0 Å². The Labute approximate surface area is 226 Å². The van der Waals surface area contributed by atoms with Crippen LogP contribution in [0.2, 0.25) is 0 Å². The highest BCUT2D eigenvalue weighted by molar-refractivity contribution is 5.92. The zero-order valence-electron chi connectivity index (χ0n) is 23.1. The summed E-state index contributed by atoms with van der Waals surface area (Å²) >= 11 is 0. The third-order valence-corrected chi connectivity index (χ3v) is 6.75. The van der Waals surface area contributed by atoms with Gasteiger partial charge in [-0.2, -0.15) is 0 Å². The van der Waals surface area contributed by atoms with E-state index in [1.165, 1.54) is 22.3 Å². The first-order valence-electron chi connectivity index (χ1n) is 13.0. The monoisotopic (exact) mass is 522 g/mol. The third kappa shape index (κ3) is 8.52. The van der Waals surface area contributed by atoms with Crippen molar-refractivity contribution in [2.24, 2.45) is 0 Å². The van der Waals surface area contributed by atoms with Crippen LogP contribution in [0.3, 0.4) is 0 Å². The number of rotatable bonds is 6. The van der Waals surface area contributed by atoms with Crippen molar-refractivity contribution >= 4 is 31.1 Å². The molecule has 1 aliphatic heterocycles. The standard InChI is InChI=1S/C28H38N4O2.2CH2O/c1-19-8-11-22(12-9-19)32-15-14-29-27(34)25(32)17-26(33)31-24-7-5-6-21-16-20(10-13-23(21)24)18-30-28(2,3)4;2*1-2/h8-13,16,24-25,30H,5-7,14-15,17-18H2,1-4H3,(H,29,34)(H,31,33);2*1H2/t24-,25?;;/m1../s1. The first-order valence-corrected chi connectivity index (χ1v) is 13.0. The molecule has 3 N–H and O–H groups in total. The Morgan fingerprint density at radius 3 is 2.42 bits per heavy atom. The van der Waals surface area contributed by atoms with Crippen LogP contribution in [0.4, 0.5) is 5.69 Å². The Hall–Kier alpha value is -3.52. The van der Waals surface area contributed by atoms with E-state index in [4.69, 9.17) is 9.59 Å². The second kappa shape index (κ2) is 14.4. The van der Waals surface area contributed by atoms with Crippen molar-refractivity contribution in [2.75, 3.05) is 18.0 Å². The van der Waals surface area contributed by atoms with Gasteiger partial charge in [0, 0.05) is 30.9 Å². The van der Waals surface area contributed by atoms with Crippen molar-refractivity contribution < 1.29 is 19.2 Å². The Balaban J connectivity index is 0.00000121. The number of aryl methyl sites for hydroxylation is 2. The average Bonchev–Trinajstić information content (AvgIpc) is 2.91. The van der Waals surface area contributed by atoms with Crippen LogP contribution in [0.5, 0.6) is 0 Å². The van der Waals surface area contributed by atoms with Crippen LogP contribution in [-0.4, -0.2) is 50.1 Å². The number of hydrogen-bond donors (Lipinski definition) is 3. The fraction of sp³-hybridized carbons (Fsp3) is 0.467. The van der Waals surface area contributed by atoms with Crippen LogP contribution in [0.25, 0.3) is 0 Å². The van der Waals surface area contributed by atoms with Gasteiger partial charge in [-0.15, -0.1) is 0 Å². The summed E-state index contributed by atoms with van der Waals surface area (Å²) in [6.45, 7) is 14.7. The summed E-state index contributed by atoms with van der Waals surface area (Å²) in [6.07, 6.45) is 3.17. The molecule has 2 atom stereocenters. The molecule has 4 rings (SSSR count). The molecule has 0 saturated carbocycles. The van der Waals surface area contributed by atoms with Crippen molar-refractivity contribution in [3.05, 3.63) is 64.7 Å². The fourth-order valence-corrected chi connectivity index (χ4v) is 4.89. The normalized spacial score (nSPS) is 18.5. The average molecular weight is 523 g/mol. The van der Waals surface area contributed by atoms with Gasteiger partial charge in [-0.3, -0.25) is 9.59 Å². The zero-order valence-corrected chi connectivity index (χ0v) is 23.1. The van der Waals surface area contributed by atoms with Crippen LogP contribution in [0.1, 0.15) is 68.3 Å². The fourth-order valence-electron chi connectivity index (χ4n) is 4.89. The smallest absolute Gasteiger partial charge is 0.243 e. The van der Waals surface area contributed by atoms with E-state index in [1.54, 1.807) is 0 Å². The summed E-state index contributed by atoms with van der Waals surface area (Å²) in [5.74, 6) is -0.155. The van der Waals surface area contributed by atoms with E-state index in [9.17, 15) is 9.59 Å². The molecule has 0 aromatic heterocycles. The summed E-state index contributed by atoms with van der Waals surface area (Å²) in [5.41, 5.74) is 6.03. The molecule has 0 radical (unpaired) electrons. The summed E-state index contributed by atoms with van der Waals surface area (Å²) < 4.78 is 0. The number of anilines is 1. The van der Waals surface area contributed by atoms with E-state index in [-0.39, 0.29) is 29.8 Å².